The van der Waals surface area contributed by atoms with Gasteiger partial charge in [0, 0.05) is 6.42 Å². The van der Waals surface area contributed by atoms with Crippen LogP contribution in [0.2, 0.25) is 0 Å². The summed E-state index contributed by atoms with van der Waals surface area (Å²) >= 11 is 1.35. The van der Waals surface area contributed by atoms with Crippen molar-refractivity contribution < 1.29 is 9.47 Å². The Kier molecular flexibility index (Phi) is 2.56. The highest BCUT2D eigenvalue weighted by Crippen LogP contribution is 2.36. The van der Waals surface area contributed by atoms with E-state index in [0.29, 0.717) is 11.7 Å². The predicted octanol–water partition coefficient (Wildman–Crippen LogP) is 2.02. The van der Waals surface area contributed by atoms with Gasteiger partial charge in [-0.15, -0.1) is 10.2 Å². The summed E-state index contributed by atoms with van der Waals surface area (Å²) in [5, 5.41) is 9.08. The van der Waals surface area contributed by atoms with Gasteiger partial charge >= 0.3 is 0 Å². The minimum absolute atomic E-state index is 0.131. The average molecular weight is 249 g/mol. The van der Waals surface area contributed by atoms with Crippen molar-refractivity contribution >= 4 is 16.5 Å². The predicted molar refractivity (Wildman–Crippen MR) is 64.2 cm³/mol. The van der Waals surface area contributed by atoms with Crippen LogP contribution >= 0.6 is 11.3 Å². The Hall–Kier alpha value is -1.82. The molecule has 6 heteroatoms. The van der Waals surface area contributed by atoms with Crippen LogP contribution in [0.15, 0.2) is 24.3 Å². The van der Waals surface area contributed by atoms with E-state index in [1.165, 1.54) is 11.3 Å². The molecule has 0 radical (unpaired) electrons. The molecule has 0 bridgehead atoms. The van der Waals surface area contributed by atoms with Gasteiger partial charge in [-0.2, -0.15) is 0 Å². The number of nitrogens with two attached hydrogens (primary N) is 1. The third-order valence-corrected chi connectivity index (χ3v) is 3.33. The second-order valence-electron chi connectivity index (χ2n) is 3.67. The third-order valence-electron chi connectivity index (χ3n) is 2.49. The molecule has 0 saturated carbocycles. The summed E-state index contributed by atoms with van der Waals surface area (Å²) in [6.07, 6.45) is 0.608. The van der Waals surface area contributed by atoms with Crippen LogP contribution in [0.1, 0.15) is 17.5 Å². The van der Waals surface area contributed by atoms with E-state index in [1.807, 2.05) is 24.3 Å². The average Bonchev–Trinajstić information content (AvgIpc) is 2.65. The smallest absolute Gasteiger partial charge is 0.203 e. The van der Waals surface area contributed by atoms with Gasteiger partial charge in [0.15, 0.2) is 22.6 Å². The molecule has 2 aromatic rings. The summed E-state index contributed by atoms with van der Waals surface area (Å²) in [5.74, 6) is 1.51. The number of aromatic nitrogens is 2. The highest BCUT2D eigenvalue weighted by Gasteiger charge is 2.23. The second-order valence-corrected chi connectivity index (χ2v) is 4.71. The van der Waals surface area contributed by atoms with Gasteiger partial charge < -0.3 is 15.2 Å². The van der Waals surface area contributed by atoms with Crippen LogP contribution in [0, 0.1) is 0 Å². The molecule has 3 rings (SSSR count). The van der Waals surface area contributed by atoms with Gasteiger partial charge in [-0.25, -0.2) is 0 Å². The lowest BCUT2D eigenvalue weighted by Crippen LogP contribution is -2.08. The number of anilines is 1. The number of rotatable bonds is 1. The largest absolute Gasteiger partial charge is 0.490 e. The van der Waals surface area contributed by atoms with Crippen molar-refractivity contribution in [2.75, 3.05) is 12.3 Å². The second kappa shape index (κ2) is 4.21. The molecule has 1 aromatic carbocycles. The Labute approximate surface area is 102 Å². The standard InChI is InChI=1S/C11H11N3O2S/c12-11-14-13-10(17-11)9-5-6-15-7-3-1-2-4-8(7)16-9/h1-4,9H,5-6H2,(H2,12,14). The molecule has 88 valence electrons. The van der Waals surface area contributed by atoms with Crippen LogP contribution in [0.4, 0.5) is 5.13 Å². The molecule has 1 unspecified atom stereocenters. The topological polar surface area (TPSA) is 70.3 Å². The van der Waals surface area contributed by atoms with Crippen LogP contribution in [0.3, 0.4) is 0 Å². The molecule has 5 nitrogen and oxygen atoms in total. The lowest BCUT2D eigenvalue weighted by atomic mass is 10.3. The lowest BCUT2D eigenvalue weighted by molar-refractivity contribution is 0.193. The zero-order valence-corrected chi connectivity index (χ0v) is 9.81. The zero-order chi connectivity index (χ0) is 11.7. The van der Waals surface area contributed by atoms with Crippen molar-refractivity contribution in [2.45, 2.75) is 12.5 Å². The number of nitrogens with zero attached hydrogens (tertiary/aromatic N) is 2. The van der Waals surface area contributed by atoms with Gasteiger partial charge in [-0.05, 0) is 12.1 Å². The van der Waals surface area contributed by atoms with Crippen molar-refractivity contribution in [3.63, 3.8) is 0 Å². The molecule has 0 fully saturated rings. The zero-order valence-electron chi connectivity index (χ0n) is 9.00. The molecule has 1 aliphatic heterocycles. The van der Waals surface area contributed by atoms with Gasteiger partial charge in [0.05, 0.1) is 6.61 Å². The van der Waals surface area contributed by atoms with Crippen molar-refractivity contribution in [1.29, 1.82) is 0 Å². The molecular formula is C11H11N3O2S. The molecule has 1 aromatic heterocycles. The van der Waals surface area contributed by atoms with E-state index in [1.54, 1.807) is 0 Å². The Balaban J connectivity index is 1.90. The van der Waals surface area contributed by atoms with Crippen LogP contribution in [-0.4, -0.2) is 16.8 Å². The summed E-state index contributed by atoms with van der Waals surface area (Å²) in [7, 11) is 0. The van der Waals surface area contributed by atoms with Crippen molar-refractivity contribution in [1.82, 2.24) is 10.2 Å². The van der Waals surface area contributed by atoms with Gasteiger partial charge in [0.25, 0.3) is 0 Å². The number of ether oxygens (including phenoxy) is 2. The third kappa shape index (κ3) is 2.03. The number of hydrogen-bond acceptors (Lipinski definition) is 6. The van der Waals surface area contributed by atoms with Gasteiger partial charge in [0.1, 0.15) is 0 Å². The van der Waals surface area contributed by atoms with Crippen LogP contribution in [-0.2, 0) is 0 Å². The first-order chi connectivity index (χ1) is 8.33. The van der Waals surface area contributed by atoms with E-state index in [-0.39, 0.29) is 6.10 Å². The number of fused-ring (bicyclic) bond motifs is 1. The highest BCUT2D eigenvalue weighted by atomic mass is 32.1. The number of hydrogen-bond donors (Lipinski definition) is 1. The van der Waals surface area contributed by atoms with E-state index >= 15 is 0 Å². The fourth-order valence-corrected chi connectivity index (χ4v) is 2.38. The minimum Gasteiger partial charge on any atom is -0.490 e. The fraction of sp³-hybridized carbons (Fsp3) is 0.273. The first-order valence-electron chi connectivity index (χ1n) is 5.30. The maximum absolute atomic E-state index is 5.88. The normalized spacial score (nSPS) is 18.7. The van der Waals surface area contributed by atoms with E-state index in [2.05, 4.69) is 10.2 Å². The first kappa shape index (κ1) is 10.3. The van der Waals surface area contributed by atoms with E-state index in [9.17, 15) is 0 Å². The monoisotopic (exact) mass is 249 g/mol. The Morgan fingerprint density at radius 1 is 1.24 bits per heavy atom. The maximum atomic E-state index is 5.88. The van der Waals surface area contributed by atoms with Gasteiger partial charge in [0.2, 0.25) is 5.13 Å². The first-order valence-corrected chi connectivity index (χ1v) is 6.12. The molecule has 2 N–H and O–H groups in total. The van der Waals surface area contributed by atoms with Crippen molar-refractivity contribution in [2.24, 2.45) is 0 Å². The van der Waals surface area contributed by atoms with Gasteiger partial charge in [-0.1, -0.05) is 23.5 Å². The number of para-hydroxylation sites is 2. The fourth-order valence-electron chi connectivity index (χ4n) is 1.71. The quantitative estimate of drug-likeness (QED) is 0.837. The highest BCUT2D eigenvalue weighted by molar-refractivity contribution is 7.15. The summed E-state index contributed by atoms with van der Waals surface area (Å²) < 4.78 is 11.5. The van der Waals surface area contributed by atoms with Crippen molar-refractivity contribution in [3.8, 4) is 11.5 Å². The molecule has 1 aliphatic rings. The Morgan fingerprint density at radius 3 is 2.82 bits per heavy atom. The van der Waals surface area contributed by atoms with E-state index in [4.69, 9.17) is 15.2 Å². The van der Waals surface area contributed by atoms with Crippen LogP contribution in [0.5, 0.6) is 11.5 Å². The Morgan fingerprint density at radius 2 is 2.06 bits per heavy atom. The molecule has 17 heavy (non-hydrogen) atoms. The molecule has 0 spiro atoms. The summed E-state index contributed by atoms with van der Waals surface area (Å²) in [6, 6.07) is 7.62. The van der Waals surface area contributed by atoms with Crippen LogP contribution in [0.25, 0.3) is 0 Å². The summed E-state index contributed by atoms with van der Waals surface area (Å²) in [6.45, 7) is 0.598. The molecule has 0 saturated heterocycles. The molecule has 2 heterocycles. The Bertz CT molecular complexity index is 529. The number of nitrogen functional groups attached to an aromatic ring is 1. The number of benzene rings is 1. The molecule has 1 atom stereocenters. The van der Waals surface area contributed by atoms with Crippen LogP contribution < -0.4 is 15.2 Å². The maximum Gasteiger partial charge on any atom is 0.203 e. The SMILES string of the molecule is Nc1nnc(C2CCOc3ccccc3O2)s1. The van der Waals surface area contributed by atoms with Gasteiger partial charge in [-0.3, -0.25) is 0 Å². The minimum atomic E-state index is -0.131. The summed E-state index contributed by atoms with van der Waals surface area (Å²) in [4.78, 5) is 0. The molecular weight excluding hydrogens is 238 g/mol. The lowest BCUT2D eigenvalue weighted by Gasteiger charge is -2.12. The molecule has 0 amide bonds. The summed E-state index contributed by atoms with van der Waals surface area (Å²) in [5.41, 5.74) is 5.58. The van der Waals surface area contributed by atoms with Crippen molar-refractivity contribution in [3.05, 3.63) is 29.3 Å². The van der Waals surface area contributed by atoms with E-state index in [0.717, 1.165) is 22.9 Å². The van der Waals surface area contributed by atoms with E-state index < -0.39 is 0 Å². The molecule has 0 aliphatic carbocycles.